The van der Waals surface area contributed by atoms with Gasteiger partial charge < -0.3 is 10.1 Å². The van der Waals surface area contributed by atoms with Crippen molar-refractivity contribution in [1.29, 1.82) is 0 Å². The molecule has 0 saturated carbocycles. The molecule has 0 aromatic heterocycles. The van der Waals surface area contributed by atoms with E-state index in [2.05, 4.69) is 26.1 Å². The van der Waals surface area contributed by atoms with Crippen LogP contribution in [0.15, 0.2) is 11.5 Å². The number of allylic oxidation sites excluding steroid dienone is 2. The molecule has 0 radical (unpaired) electrons. The van der Waals surface area contributed by atoms with Crippen LogP contribution in [0.5, 0.6) is 0 Å². The number of hydrogen-bond acceptors (Lipinski definition) is 2. The van der Waals surface area contributed by atoms with Crippen LogP contribution < -0.4 is 5.32 Å². The molecule has 1 aliphatic rings. The van der Waals surface area contributed by atoms with E-state index in [1.807, 2.05) is 20.8 Å². The zero-order valence-corrected chi connectivity index (χ0v) is 9.82. The Morgan fingerprint density at radius 1 is 1.23 bits per heavy atom. The van der Waals surface area contributed by atoms with E-state index >= 15 is 0 Å². The Labute approximate surface area is 82.4 Å². The summed E-state index contributed by atoms with van der Waals surface area (Å²) >= 11 is 0. The summed E-state index contributed by atoms with van der Waals surface area (Å²) in [6, 6.07) is 0. The van der Waals surface area contributed by atoms with Gasteiger partial charge in [-0.3, -0.25) is 0 Å². The quantitative estimate of drug-likeness (QED) is 0.626. The zero-order valence-electron chi connectivity index (χ0n) is 9.82. The summed E-state index contributed by atoms with van der Waals surface area (Å²) in [5, 5.41) is 3.34. The minimum Gasteiger partial charge on any atom is -0.496 e. The van der Waals surface area contributed by atoms with E-state index in [9.17, 15) is 0 Å². The van der Waals surface area contributed by atoms with Gasteiger partial charge in [-0.1, -0.05) is 27.7 Å². The summed E-state index contributed by atoms with van der Waals surface area (Å²) < 4.78 is 5.55. The predicted octanol–water partition coefficient (Wildman–Crippen LogP) is 2.91. The molecule has 2 nitrogen and oxygen atoms in total. The predicted molar refractivity (Wildman–Crippen MR) is 57.5 cm³/mol. The van der Waals surface area contributed by atoms with Gasteiger partial charge in [-0.25, -0.2) is 0 Å². The molecule has 1 aliphatic heterocycles. The first-order valence-corrected chi connectivity index (χ1v) is 5.05. The van der Waals surface area contributed by atoms with E-state index in [4.69, 9.17) is 4.74 Å². The number of hydrogen-bond donors (Lipinski definition) is 1. The van der Waals surface area contributed by atoms with E-state index in [1.54, 1.807) is 0 Å². The highest BCUT2D eigenvalue weighted by Gasteiger charge is 2.21. The van der Waals surface area contributed by atoms with Gasteiger partial charge >= 0.3 is 0 Å². The van der Waals surface area contributed by atoms with E-state index in [0.717, 1.165) is 24.6 Å². The molecule has 0 aromatic carbocycles. The van der Waals surface area contributed by atoms with Crippen molar-refractivity contribution in [3.63, 3.8) is 0 Å². The molecule has 1 rings (SSSR count). The van der Waals surface area contributed by atoms with Crippen molar-refractivity contribution in [2.75, 3.05) is 13.2 Å². The normalized spacial score (nSPS) is 20.5. The molecule has 13 heavy (non-hydrogen) atoms. The molecule has 0 saturated heterocycles. The summed E-state index contributed by atoms with van der Waals surface area (Å²) in [6.07, 6.45) is 0. The van der Waals surface area contributed by atoms with Crippen LogP contribution in [0, 0.1) is 5.41 Å². The van der Waals surface area contributed by atoms with Crippen LogP contribution >= 0.6 is 0 Å². The lowest BCUT2D eigenvalue weighted by Gasteiger charge is -2.21. The second-order valence-electron chi connectivity index (χ2n) is 3.99. The highest BCUT2D eigenvalue weighted by Crippen LogP contribution is 2.20. The third-order valence-corrected chi connectivity index (χ3v) is 2.04. The van der Waals surface area contributed by atoms with E-state index in [0.29, 0.717) is 0 Å². The lowest BCUT2D eigenvalue weighted by molar-refractivity contribution is 0.128. The van der Waals surface area contributed by atoms with Crippen LogP contribution in [0.25, 0.3) is 0 Å². The van der Waals surface area contributed by atoms with Gasteiger partial charge in [0, 0.05) is 17.7 Å². The maximum atomic E-state index is 5.55. The first kappa shape index (κ1) is 12.3. The summed E-state index contributed by atoms with van der Waals surface area (Å²) in [4.78, 5) is 0. The average Bonchev–Trinajstić information content (AvgIpc) is 2.23. The van der Waals surface area contributed by atoms with E-state index in [1.165, 1.54) is 0 Å². The Morgan fingerprint density at radius 2 is 1.77 bits per heavy atom. The van der Waals surface area contributed by atoms with Gasteiger partial charge in [-0.05, 0) is 13.8 Å². The number of ether oxygens (including phenoxy) is 1. The molecule has 0 aliphatic carbocycles. The summed E-state index contributed by atoms with van der Waals surface area (Å²) in [5.74, 6) is 1.02. The van der Waals surface area contributed by atoms with Gasteiger partial charge in [-0.15, -0.1) is 0 Å². The molecule has 0 fully saturated rings. The lowest BCUT2D eigenvalue weighted by atomic mass is 9.95. The maximum absolute atomic E-state index is 5.55. The van der Waals surface area contributed by atoms with E-state index < -0.39 is 0 Å². The topological polar surface area (TPSA) is 21.3 Å². The maximum Gasteiger partial charge on any atom is 0.111 e. The van der Waals surface area contributed by atoms with Crippen molar-refractivity contribution in [2.45, 2.75) is 41.5 Å². The van der Waals surface area contributed by atoms with Crippen LogP contribution in [-0.4, -0.2) is 13.2 Å². The Bertz CT molecular complexity index is 165. The molecule has 78 valence electrons. The average molecular weight is 185 g/mol. The summed E-state index contributed by atoms with van der Waals surface area (Å²) in [7, 11) is 0. The van der Waals surface area contributed by atoms with Gasteiger partial charge in [0.15, 0.2) is 0 Å². The van der Waals surface area contributed by atoms with Crippen molar-refractivity contribution < 1.29 is 4.74 Å². The van der Waals surface area contributed by atoms with Gasteiger partial charge in [0.2, 0.25) is 0 Å². The summed E-state index contributed by atoms with van der Waals surface area (Å²) in [6.45, 7) is 14.3. The molecule has 0 atom stereocenters. The van der Waals surface area contributed by atoms with Gasteiger partial charge in [0.1, 0.15) is 5.76 Å². The Hall–Kier alpha value is -0.660. The van der Waals surface area contributed by atoms with Gasteiger partial charge in [0.05, 0.1) is 6.61 Å². The zero-order chi connectivity index (χ0) is 10.5. The Balaban J connectivity index is 0.000000671. The van der Waals surface area contributed by atoms with Crippen LogP contribution in [0.2, 0.25) is 0 Å². The molecule has 0 aromatic rings. The van der Waals surface area contributed by atoms with Crippen molar-refractivity contribution in [2.24, 2.45) is 5.41 Å². The fraction of sp³-hybridized carbons (Fsp3) is 0.818. The van der Waals surface area contributed by atoms with Crippen molar-refractivity contribution in [3.8, 4) is 0 Å². The Kier molecular flexibility index (Phi) is 4.89. The standard InChI is InChI=1S/C9H17NO.C2H6/c1-7-8(2)11-6-9(3,4)5-10-7;1-2/h10H,5-6H2,1-4H3;1-2H3. The molecule has 2 heteroatoms. The number of nitrogens with one attached hydrogen (secondary N) is 1. The molecule has 0 amide bonds. The second kappa shape index (κ2) is 5.15. The summed E-state index contributed by atoms with van der Waals surface area (Å²) in [5.41, 5.74) is 1.41. The van der Waals surface area contributed by atoms with Crippen LogP contribution in [0.1, 0.15) is 41.5 Å². The molecule has 0 bridgehead atoms. The van der Waals surface area contributed by atoms with Gasteiger partial charge in [-0.2, -0.15) is 0 Å². The fourth-order valence-electron chi connectivity index (χ4n) is 0.959. The van der Waals surface area contributed by atoms with Gasteiger partial charge in [0.25, 0.3) is 0 Å². The second-order valence-corrected chi connectivity index (χ2v) is 3.99. The Morgan fingerprint density at radius 3 is 2.31 bits per heavy atom. The van der Waals surface area contributed by atoms with Crippen LogP contribution in [-0.2, 0) is 4.74 Å². The highest BCUT2D eigenvalue weighted by atomic mass is 16.5. The van der Waals surface area contributed by atoms with E-state index in [-0.39, 0.29) is 5.41 Å². The molecule has 0 spiro atoms. The highest BCUT2D eigenvalue weighted by molar-refractivity contribution is 5.03. The molecule has 1 N–H and O–H groups in total. The lowest BCUT2D eigenvalue weighted by Crippen LogP contribution is -2.29. The fourth-order valence-corrected chi connectivity index (χ4v) is 0.959. The number of rotatable bonds is 0. The smallest absolute Gasteiger partial charge is 0.111 e. The third kappa shape index (κ3) is 4.20. The van der Waals surface area contributed by atoms with Crippen molar-refractivity contribution in [3.05, 3.63) is 11.5 Å². The third-order valence-electron chi connectivity index (χ3n) is 2.04. The molecular formula is C11H23NO. The molecular weight excluding hydrogens is 162 g/mol. The minimum atomic E-state index is 0.249. The minimum absolute atomic E-state index is 0.249. The van der Waals surface area contributed by atoms with Crippen molar-refractivity contribution >= 4 is 0 Å². The van der Waals surface area contributed by atoms with Crippen LogP contribution in [0.4, 0.5) is 0 Å². The molecule has 1 heterocycles. The van der Waals surface area contributed by atoms with Crippen molar-refractivity contribution in [1.82, 2.24) is 5.32 Å². The largest absolute Gasteiger partial charge is 0.496 e. The van der Waals surface area contributed by atoms with Crippen LogP contribution in [0.3, 0.4) is 0 Å². The first-order valence-electron chi connectivity index (χ1n) is 5.05. The monoisotopic (exact) mass is 185 g/mol. The molecule has 0 unspecified atom stereocenters. The SMILES string of the molecule is CC.CC1=C(C)OCC(C)(C)CN1. The first-order chi connectivity index (χ1) is 6.01.